The van der Waals surface area contributed by atoms with Crippen LogP contribution >= 0.6 is 0 Å². The first-order valence-corrected chi connectivity index (χ1v) is 12.2. The van der Waals surface area contributed by atoms with Crippen LogP contribution < -0.4 is 10.9 Å². The molecule has 0 aromatic carbocycles. The molecule has 176 valence electrons. The lowest BCUT2D eigenvalue weighted by Gasteiger charge is -2.31. The Morgan fingerprint density at radius 3 is 2.62 bits per heavy atom. The van der Waals surface area contributed by atoms with Crippen LogP contribution in [0.15, 0.2) is 17.1 Å². The number of nitrogens with one attached hydrogen (secondary N) is 1. The number of hydrogen-bond donors (Lipinski definition) is 2. The number of alkyl halides is 2. The Morgan fingerprint density at radius 2 is 2.06 bits per heavy atom. The van der Waals surface area contributed by atoms with Gasteiger partial charge in [0.15, 0.2) is 0 Å². The van der Waals surface area contributed by atoms with Crippen LogP contribution in [0.5, 0.6) is 0 Å². The SMILES string of the molecule is [2H]C1(Nc2ncc3cc(C([2H])(F)F)c(=O)n([C@H]4CCC[C@]4(C)O)c3n2)CCN(S(C)(=O)=O)CC1. The largest absolute Gasteiger partial charge is 0.388 e. The van der Waals surface area contributed by atoms with Gasteiger partial charge in [0, 0.05) is 30.7 Å². The number of hydrogen-bond acceptors (Lipinski definition) is 7. The standard InChI is InChI=1S/C20H27F2N5O4S/c1-20(29)7-3-4-15(20)27-17-12(10-14(16(21)22)18(27)28)11-23-19(25-17)24-13-5-8-26(9-6-13)32(2,30)31/h10-11,13,15-16,29H,3-9H2,1-2H3,(H,23,24,25)/t15-,20-/m0/s1/i13D,16D. The van der Waals surface area contributed by atoms with Crippen molar-refractivity contribution in [2.45, 2.75) is 63.1 Å². The minimum atomic E-state index is -4.15. The van der Waals surface area contributed by atoms with E-state index in [0.29, 0.717) is 19.3 Å². The van der Waals surface area contributed by atoms with Crippen molar-refractivity contribution in [2.75, 3.05) is 24.7 Å². The summed E-state index contributed by atoms with van der Waals surface area (Å²) in [5.41, 5.74) is -3.45. The van der Waals surface area contributed by atoms with Crippen molar-refractivity contribution in [1.82, 2.24) is 18.8 Å². The number of halogens is 2. The number of aliphatic hydroxyl groups is 1. The summed E-state index contributed by atoms with van der Waals surface area (Å²) in [5, 5.41) is 13.8. The molecule has 2 aromatic rings. The second-order valence-corrected chi connectivity index (χ2v) is 10.6. The predicted octanol–water partition coefficient (Wildman–Crippen LogP) is 2.04. The minimum Gasteiger partial charge on any atom is -0.388 e. The van der Waals surface area contributed by atoms with Crippen LogP contribution in [-0.4, -0.2) is 63.3 Å². The molecule has 0 amide bonds. The maximum absolute atomic E-state index is 13.9. The molecular weight excluding hydrogens is 444 g/mol. The van der Waals surface area contributed by atoms with Crippen LogP contribution in [0.25, 0.3) is 11.0 Å². The highest BCUT2D eigenvalue weighted by atomic mass is 32.2. The maximum atomic E-state index is 13.9. The molecule has 2 fully saturated rings. The number of anilines is 1. The molecule has 0 unspecified atom stereocenters. The van der Waals surface area contributed by atoms with E-state index >= 15 is 0 Å². The molecule has 2 aromatic heterocycles. The van der Waals surface area contributed by atoms with E-state index in [0.717, 1.165) is 16.9 Å². The number of piperidine rings is 1. The molecule has 1 saturated carbocycles. The molecule has 1 aliphatic carbocycles. The molecule has 2 atom stereocenters. The Labute approximate surface area is 187 Å². The Morgan fingerprint density at radius 1 is 1.38 bits per heavy atom. The Kier molecular flexibility index (Phi) is 5.30. The summed E-state index contributed by atoms with van der Waals surface area (Å²) in [5.74, 6) is -0.0218. The molecule has 0 bridgehead atoms. The number of aromatic nitrogens is 3. The van der Waals surface area contributed by atoms with Gasteiger partial charge >= 0.3 is 0 Å². The van der Waals surface area contributed by atoms with Crippen LogP contribution in [0.1, 0.15) is 59.8 Å². The highest BCUT2D eigenvalue weighted by molar-refractivity contribution is 7.88. The molecule has 1 aliphatic heterocycles. The Balaban J connectivity index is 1.76. The van der Waals surface area contributed by atoms with Gasteiger partial charge in [-0.1, -0.05) is 0 Å². The minimum absolute atomic E-state index is 0.0137. The number of pyridine rings is 1. The van der Waals surface area contributed by atoms with E-state index < -0.39 is 45.2 Å². The highest BCUT2D eigenvalue weighted by Crippen LogP contribution is 2.39. The lowest BCUT2D eigenvalue weighted by Crippen LogP contribution is -2.42. The second kappa shape index (κ2) is 8.31. The summed E-state index contributed by atoms with van der Waals surface area (Å²) < 4.78 is 69.4. The van der Waals surface area contributed by atoms with E-state index in [1.165, 1.54) is 17.4 Å². The molecule has 32 heavy (non-hydrogen) atoms. The zero-order valence-electron chi connectivity index (χ0n) is 19.8. The van der Waals surface area contributed by atoms with Crippen molar-refractivity contribution >= 4 is 27.0 Å². The van der Waals surface area contributed by atoms with Gasteiger partial charge in [0.25, 0.3) is 12.0 Å². The van der Waals surface area contributed by atoms with E-state index in [9.17, 15) is 27.1 Å². The molecular formula is C20H27F2N5O4S. The average Bonchev–Trinajstić information content (AvgIpc) is 3.04. The van der Waals surface area contributed by atoms with Crippen molar-refractivity contribution in [3.63, 3.8) is 0 Å². The third-order valence-corrected chi connectivity index (χ3v) is 7.55. The Hall–Kier alpha value is -2.18. The molecule has 1 saturated heterocycles. The molecule has 3 heterocycles. The zero-order chi connectivity index (χ0) is 25.1. The molecule has 12 heteroatoms. The van der Waals surface area contributed by atoms with Crippen molar-refractivity contribution < 1.29 is 25.0 Å². The first-order valence-electron chi connectivity index (χ1n) is 11.4. The fourth-order valence-electron chi connectivity index (χ4n) is 4.51. The van der Waals surface area contributed by atoms with E-state index in [1.54, 1.807) is 0 Å². The van der Waals surface area contributed by atoms with E-state index in [4.69, 9.17) is 2.74 Å². The number of sulfonamides is 1. The summed E-state index contributed by atoms with van der Waals surface area (Å²) in [6.07, 6.45) is -0.167. The summed E-state index contributed by atoms with van der Waals surface area (Å²) in [6, 6.07) is -1.21. The highest BCUT2D eigenvalue weighted by Gasteiger charge is 2.40. The fourth-order valence-corrected chi connectivity index (χ4v) is 5.36. The normalized spacial score (nSPS) is 27.8. The van der Waals surface area contributed by atoms with Crippen molar-refractivity contribution in [2.24, 2.45) is 0 Å². The monoisotopic (exact) mass is 473 g/mol. The summed E-state index contributed by atoms with van der Waals surface area (Å²) >= 11 is 0. The lowest BCUT2D eigenvalue weighted by atomic mass is 9.99. The summed E-state index contributed by atoms with van der Waals surface area (Å²) in [4.78, 5) is 21.5. The molecule has 4 rings (SSSR count). The van der Waals surface area contributed by atoms with Gasteiger partial charge in [-0.05, 0) is 45.1 Å². The number of nitrogens with zero attached hydrogens (tertiary/aromatic N) is 4. The number of fused-ring (bicyclic) bond motifs is 1. The van der Waals surface area contributed by atoms with E-state index in [2.05, 4.69) is 15.3 Å². The zero-order valence-corrected chi connectivity index (χ0v) is 18.6. The van der Waals surface area contributed by atoms with Gasteiger partial charge < -0.3 is 10.4 Å². The predicted molar refractivity (Wildman–Crippen MR) is 115 cm³/mol. The van der Waals surface area contributed by atoms with E-state index in [-0.39, 0.29) is 42.9 Å². The second-order valence-electron chi connectivity index (χ2n) is 8.62. The molecule has 2 aliphatic rings. The van der Waals surface area contributed by atoms with Gasteiger partial charge in [-0.3, -0.25) is 9.36 Å². The lowest BCUT2D eigenvalue weighted by molar-refractivity contribution is 0.0261. The summed E-state index contributed by atoms with van der Waals surface area (Å²) in [6.45, 7) is 1.81. The topological polar surface area (TPSA) is 117 Å². The van der Waals surface area contributed by atoms with Crippen LogP contribution in [0, 0.1) is 0 Å². The van der Waals surface area contributed by atoms with Crippen molar-refractivity contribution in [3.8, 4) is 0 Å². The summed E-state index contributed by atoms with van der Waals surface area (Å²) in [7, 11) is -3.37. The van der Waals surface area contributed by atoms with Crippen molar-refractivity contribution in [1.29, 1.82) is 0 Å². The van der Waals surface area contributed by atoms with Gasteiger partial charge in [-0.15, -0.1) is 0 Å². The van der Waals surface area contributed by atoms with Gasteiger partial charge in [-0.25, -0.2) is 26.5 Å². The molecule has 0 spiro atoms. The van der Waals surface area contributed by atoms with Crippen LogP contribution in [0.4, 0.5) is 14.7 Å². The fraction of sp³-hybridized carbons (Fsp3) is 0.650. The molecule has 9 nitrogen and oxygen atoms in total. The smallest absolute Gasteiger partial charge is 0.269 e. The van der Waals surface area contributed by atoms with Gasteiger partial charge in [0.2, 0.25) is 16.0 Å². The van der Waals surface area contributed by atoms with Gasteiger partial charge in [0.05, 0.1) is 24.8 Å². The first-order chi connectivity index (χ1) is 15.6. The first kappa shape index (κ1) is 20.4. The maximum Gasteiger partial charge on any atom is 0.269 e. The molecule has 2 N–H and O–H groups in total. The molecule has 0 radical (unpaired) electrons. The third-order valence-electron chi connectivity index (χ3n) is 6.25. The quantitative estimate of drug-likeness (QED) is 0.682. The third kappa shape index (κ3) is 4.35. The van der Waals surface area contributed by atoms with Gasteiger partial charge in [-0.2, -0.15) is 4.98 Å². The average molecular weight is 474 g/mol. The van der Waals surface area contributed by atoms with Crippen LogP contribution in [0.3, 0.4) is 0 Å². The van der Waals surface area contributed by atoms with E-state index in [1.807, 2.05) is 0 Å². The van der Waals surface area contributed by atoms with Gasteiger partial charge in [0.1, 0.15) is 7.02 Å². The van der Waals surface area contributed by atoms with Crippen LogP contribution in [-0.2, 0) is 10.0 Å². The van der Waals surface area contributed by atoms with Crippen LogP contribution in [0.2, 0.25) is 0 Å². The number of rotatable bonds is 5. The Bertz CT molecular complexity index is 1270. The van der Waals surface area contributed by atoms with Crippen molar-refractivity contribution in [3.05, 3.63) is 28.2 Å².